The van der Waals surface area contributed by atoms with Gasteiger partial charge in [0.2, 0.25) is 0 Å². The molecule has 274 valence electrons. The van der Waals surface area contributed by atoms with Crippen molar-refractivity contribution in [3.05, 3.63) is 53.2 Å². The van der Waals surface area contributed by atoms with Crippen molar-refractivity contribution in [1.82, 2.24) is 25.3 Å². The second-order valence-corrected chi connectivity index (χ2v) is 21.2. The number of aldehydes is 1. The van der Waals surface area contributed by atoms with Crippen molar-refractivity contribution < 1.29 is 22.7 Å². The molecule has 3 saturated heterocycles. The van der Waals surface area contributed by atoms with Gasteiger partial charge in [-0.25, -0.2) is 28.6 Å². The lowest BCUT2D eigenvalue weighted by Gasteiger charge is -2.38. The zero-order chi connectivity index (χ0) is 36.9. The van der Waals surface area contributed by atoms with Crippen molar-refractivity contribution in [1.29, 1.82) is 0 Å². The molecule has 0 unspecified atom stereocenters. The number of ether oxygens (including phenoxy) is 1. The molecule has 7 rings (SSSR count). The van der Waals surface area contributed by atoms with Gasteiger partial charge in [0.05, 0.1) is 16.5 Å². The minimum atomic E-state index is -2.31. The average Bonchev–Trinajstić information content (AvgIpc) is 3.85. The first-order chi connectivity index (χ1) is 24.9. The number of hydrogen-bond donors (Lipinski definition) is 1. The van der Waals surface area contributed by atoms with Crippen molar-refractivity contribution in [2.75, 3.05) is 37.8 Å². The van der Waals surface area contributed by atoms with E-state index in [9.17, 15) is 9.18 Å². The zero-order valence-corrected chi connectivity index (χ0v) is 31.8. The van der Waals surface area contributed by atoms with E-state index < -0.39 is 31.4 Å². The highest BCUT2D eigenvalue weighted by Gasteiger charge is 2.49. The van der Waals surface area contributed by atoms with Crippen molar-refractivity contribution in [3.63, 3.8) is 0 Å². The summed E-state index contributed by atoms with van der Waals surface area (Å²) in [4.78, 5) is 28.4. The number of hydrogen-bond acceptors (Lipinski definition) is 8. The fraction of sp³-hybridized carbons (Fsp3) is 0.500. The Labute approximate surface area is 304 Å². The number of fused-ring (bicyclic) bond motifs is 3. The molecule has 8 nitrogen and oxygen atoms in total. The number of pyridine rings is 1. The van der Waals surface area contributed by atoms with Crippen molar-refractivity contribution >= 4 is 41.9 Å². The van der Waals surface area contributed by atoms with Crippen LogP contribution in [0.4, 0.5) is 19.0 Å². The van der Waals surface area contributed by atoms with Crippen molar-refractivity contribution in [2.45, 2.75) is 95.6 Å². The van der Waals surface area contributed by atoms with E-state index in [1.165, 1.54) is 12.3 Å². The molecule has 52 heavy (non-hydrogen) atoms. The fourth-order valence-electron chi connectivity index (χ4n) is 9.31. The maximum Gasteiger partial charge on any atom is 0.317 e. The molecule has 5 heterocycles. The number of nitrogens with one attached hydrogen (secondary N) is 1. The standard InChI is InChI=1S/C40H47F3N6O2Si/c1-24(2)52(25(3)4,26(5)6)18-13-30-33(42)12-11-29-27(22-50)9-10-31(34(29)30)36-35(43)37-32(38(46-36)49-17-8-15-45-49)20-44-39(47-37)51-23-40-14-7-16-48(40)21-28(41)19-40/h9-12,20,22,24-26,28,45H,7-8,14-17,19,21,23H2,1-6H3/t28-,40+/m1/s1. The summed E-state index contributed by atoms with van der Waals surface area (Å²) in [6, 6.07) is 6.09. The second-order valence-electron chi connectivity index (χ2n) is 15.6. The number of halogens is 3. The number of hydrazine groups is 1. The first-order valence-electron chi connectivity index (χ1n) is 18.5. The molecular weight excluding hydrogens is 682 g/mol. The molecule has 12 heteroatoms. The van der Waals surface area contributed by atoms with Crippen LogP contribution in [0.5, 0.6) is 6.01 Å². The normalized spacial score (nSPS) is 20.8. The molecule has 0 bridgehead atoms. The van der Waals surface area contributed by atoms with Gasteiger partial charge in [-0.3, -0.25) is 14.7 Å². The Morgan fingerprint density at radius 1 is 1.04 bits per heavy atom. The monoisotopic (exact) mass is 728 g/mol. The highest BCUT2D eigenvalue weighted by molar-refractivity contribution is 6.90. The fourth-order valence-corrected chi connectivity index (χ4v) is 14.5. The third-order valence-electron chi connectivity index (χ3n) is 11.8. The summed E-state index contributed by atoms with van der Waals surface area (Å²) < 4.78 is 53.8. The number of anilines is 1. The Kier molecular flexibility index (Phi) is 9.82. The van der Waals surface area contributed by atoms with Crippen LogP contribution in [0.15, 0.2) is 30.5 Å². The first-order valence-corrected chi connectivity index (χ1v) is 20.8. The van der Waals surface area contributed by atoms with Gasteiger partial charge in [0.1, 0.15) is 37.9 Å². The summed E-state index contributed by atoms with van der Waals surface area (Å²) >= 11 is 0. The minimum Gasteiger partial charge on any atom is -0.461 e. The van der Waals surface area contributed by atoms with Crippen LogP contribution in [0.1, 0.15) is 83.1 Å². The molecule has 0 saturated carbocycles. The molecule has 3 aliphatic heterocycles. The van der Waals surface area contributed by atoms with E-state index in [1.54, 1.807) is 18.2 Å². The highest BCUT2D eigenvalue weighted by atomic mass is 28.3. The summed E-state index contributed by atoms with van der Waals surface area (Å²) in [6.45, 7) is 15.9. The minimum absolute atomic E-state index is 0.00299. The van der Waals surface area contributed by atoms with Gasteiger partial charge in [-0.2, -0.15) is 4.98 Å². The van der Waals surface area contributed by atoms with E-state index in [-0.39, 0.29) is 29.4 Å². The molecule has 1 N–H and O–H groups in total. The molecule has 0 spiro atoms. The summed E-state index contributed by atoms with van der Waals surface area (Å²) in [6.07, 6.45) is 4.33. The topological polar surface area (TPSA) is 83.5 Å². The van der Waals surface area contributed by atoms with E-state index in [4.69, 9.17) is 9.72 Å². The molecule has 0 radical (unpaired) electrons. The number of carbonyl (C=O) groups excluding carboxylic acids is 1. The molecule has 4 aromatic rings. The van der Waals surface area contributed by atoms with Crippen LogP contribution in [0.2, 0.25) is 16.6 Å². The average molecular weight is 729 g/mol. The maximum absolute atomic E-state index is 17.1. The number of benzene rings is 2. The molecule has 0 amide bonds. The predicted molar refractivity (Wildman–Crippen MR) is 202 cm³/mol. The smallest absolute Gasteiger partial charge is 0.317 e. The molecular formula is C40H47F3N6O2Si. The molecule has 2 atom stereocenters. The van der Waals surface area contributed by atoms with Crippen LogP contribution < -0.4 is 15.2 Å². The van der Waals surface area contributed by atoms with E-state index in [1.807, 2.05) is 5.01 Å². The van der Waals surface area contributed by atoms with Crippen LogP contribution in [0.25, 0.3) is 32.9 Å². The van der Waals surface area contributed by atoms with E-state index in [0.717, 1.165) is 32.1 Å². The van der Waals surface area contributed by atoms with Gasteiger partial charge in [-0.05, 0) is 53.9 Å². The maximum atomic E-state index is 17.1. The summed E-state index contributed by atoms with van der Waals surface area (Å²) in [7, 11) is -2.31. The van der Waals surface area contributed by atoms with E-state index in [2.05, 4.69) is 73.3 Å². The Hall–Kier alpha value is -4.05. The third kappa shape index (κ3) is 6.04. The molecule has 0 aliphatic carbocycles. The lowest BCUT2D eigenvalue weighted by molar-refractivity contribution is 0.107. The summed E-state index contributed by atoms with van der Waals surface area (Å²) in [5.74, 6) is 2.42. The number of carbonyl (C=O) groups is 1. The Morgan fingerprint density at radius 3 is 2.50 bits per heavy atom. The number of alkyl halides is 1. The number of aromatic nitrogens is 3. The lowest BCUT2D eigenvalue weighted by atomic mass is 9.93. The van der Waals surface area contributed by atoms with Crippen molar-refractivity contribution in [2.24, 2.45) is 0 Å². The van der Waals surface area contributed by atoms with Gasteiger partial charge < -0.3 is 4.74 Å². The quantitative estimate of drug-likeness (QED) is 0.105. The first kappa shape index (κ1) is 36.3. The molecule has 3 fully saturated rings. The zero-order valence-electron chi connectivity index (χ0n) is 30.8. The highest BCUT2D eigenvalue weighted by Crippen LogP contribution is 2.43. The Morgan fingerprint density at radius 2 is 1.81 bits per heavy atom. The van der Waals surface area contributed by atoms with Crippen LogP contribution in [0.3, 0.4) is 0 Å². The number of nitrogens with zero attached hydrogens (tertiary/aromatic N) is 5. The molecule has 2 aromatic carbocycles. The van der Waals surface area contributed by atoms with Crippen LogP contribution in [0, 0.1) is 23.1 Å². The van der Waals surface area contributed by atoms with Gasteiger partial charge >= 0.3 is 6.01 Å². The third-order valence-corrected chi connectivity index (χ3v) is 18.1. The van der Waals surface area contributed by atoms with Crippen LogP contribution >= 0.6 is 0 Å². The number of rotatable bonds is 9. The second kappa shape index (κ2) is 14.1. The molecule has 3 aliphatic rings. The van der Waals surface area contributed by atoms with E-state index >= 15 is 8.78 Å². The Bertz CT molecular complexity index is 2070. The van der Waals surface area contributed by atoms with Gasteiger partial charge in [0, 0.05) is 48.8 Å². The SMILES string of the molecule is CC(C)[Si](C#Cc1c(F)ccc2c(C=O)ccc(-c3nc(N4CCCN4)c4cnc(OC[C@@]56CCCN5C[C@H](F)C6)nc4c3F)c12)(C(C)C)C(C)C. The molecule has 2 aromatic heterocycles. The largest absolute Gasteiger partial charge is 0.461 e. The van der Waals surface area contributed by atoms with Crippen LogP contribution in [-0.2, 0) is 0 Å². The van der Waals surface area contributed by atoms with Gasteiger partial charge in [0.15, 0.2) is 17.9 Å². The van der Waals surface area contributed by atoms with Crippen LogP contribution in [-0.4, -0.2) is 78.7 Å². The van der Waals surface area contributed by atoms with Crippen molar-refractivity contribution in [3.8, 4) is 28.7 Å². The lowest BCUT2D eigenvalue weighted by Crippen LogP contribution is -2.43. The Balaban J connectivity index is 1.43. The van der Waals surface area contributed by atoms with Gasteiger partial charge in [0.25, 0.3) is 0 Å². The summed E-state index contributed by atoms with van der Waals surface area (Å²) in [5.41, 5.74) is 8.13. The van der Waals surface area contributed by atoms with E-state index in [0.29, 0.717) is 75.8 Å². The predicted octanol–water partition coefficient (Wildman–Crippen LogP) is 8.18. The summed E-state index contributed by atoms with van der Waals surface area (Å²) in [5, 5.41) is 3.02. The van der Waals surface area contributed by atoms with Gasteiger partial charge in [-0.15, -0.1) is 5.54 Å². The van der Waals surface area contributed by atoms with Gasteiger partial charge in [-0.1, -0.05) is 65.7 Å².